The number of hydrogen-bond donors (Lipinski definition) is 3. The first kappa shape index (κ1) is 17.2. The molecule has 0 spiro atoms. The number of aliphatic hydroxyl groups excluding tert-OH is 1. The summed E-state index contributed by atoms with van der Waals surface area (Å²) in [7, 11) is 0. The zero-order chi connectivity index (χ0) is 15.6. The Morgan fingerprint density at radius 3 is 2.77 bits per heavy atom. The van der Waals surface area contributed by atoms with Crippen LogP contribution in [0.3, 0.4) is 0 Å². The van der Waals surface area contributed by atoms with Crippen LogP contribution in [-0.2, 0) is 4.74 Å². The van der Waals surface area contributed by atoms with E-state index in [0.717, 1.165) is 18.4 Å². The third kappa shape index (κ3) is 6.34. The van der Waals surface area contributed by atoms with Crippen molar-refractivity contribution in [1.82, 2.24) is 10.6 Å². The number of urea groups is 1. The first-order valence-corrected chi connectivity index (χ1v) is 9.03. The molecule has 0 radical (unpaired) electrons. The summed E-state index contributed by atoms with van der Waals surface area (Å²) in [4.78, 5) is 11.6. The van der Waals surface area contributed by atoms with Crippen molar-refractivity contribution in [3.05, 3.63) is 22.4 Å². The zero-order valence-corrected chi connectivity index (χ0v) is 13.7. The number of aliphatic hydroxyl groups is 1. The average Bonchev–Trinajstić information content (AvgIpc) is 2.94. The summed E-state index contributed by atoms with van der Waals surface area (Å²) in [5, 5.41) is 19.1. The van der Waals surface area contributed by atoms with Crippen LogP contribution in [0.25, 0.3) is 0 Å². The number of carbonyl (C=O) groups excluding carboxylic acids is 1. The highest BCUT2D eigenvalue weighted by Gasteiger charge is 2.12. The lowest BCUT2D eigenvalue weighted by molar-refractivity contribution is 0.0460. The molecule has 1 aliphatic carbocycles. The van der Waals surface area contributed by atoms with Crippen molar-refractivity contribution in [1.29, 1.82) is 0 Å². The van der Waals surface area contributed by atoms with Gasteiger partial charge in [0.05, 0.1) is 18.8 Å². The van der Waals surface area contributed by atoms with Gasteiger partial charge in [-0.2, -0.15) is 11.3 Å². The summed E-state index contributed by atoms with van der Waals surface area (Å²) in [6, 6.07) is 1.59. The summed E-state index contributed by atoms with van der Waals surface area (Å²) in [5.41, 5.74) is 0.835. The van der Waals surface area contributed by atoms with Crippen LogP contribution in [0, 0.1) is 0 Å². The quantitative estimate of drug-likeness (QED) is 0.533. The van der Waals surface area contributed by atoms with Crippen molar-refractivity contribution in [2.75, 3.05) is 19.7 Å². The largest absolute Gasteiger partial charge is 0.387 e. The molecule has 1 atom stereocenters. The highest BCUT2D eigenvalue weighted by atomic mass is 32.1. The number of rotatable bonds is 7. The van der Waals surface area contributed by atoms with Crippen LogP contribution in [0.2, 0.25) is 0 Å². The van der Waals surface area contributed by atoms with Gasteiger partial charge in [-0.3, -0.25) is 0 Å². The van der Waals surface area contributed by atoms with Gasteiger partial charge in [0, 0.05) is 13.1 Å². The maximum atomic E-state index is 11.6. The van der Waals surface area contributed by atoms with Gasteiger partial charge in [-0.1, -0.05) is 25.7 Å². The molecule has 0 saturated heterocycles. The van der Waals surface area contributed by atoms with Gasteiger partial charge in [-0.25, -0.2) is 4.79 Å². The van der Waals surface area contributed by atoms with Gasteiger partial charge >= 0.3 is 6.03 Å². The molecule has 2 amide bonds. The van der Waals surface area contributed by atoms with Crippen molar-refractivity contribution < 1.29 is 14.6 Å². The number of carbonyl (C=O) groups is 1. The summed E-state index contributed by atoms with van der Waals surface area (Å²) < 4.78 is 5.81. The molecule has 1 unspecified atom stereocenters. The van der Waals surface area contributed by atoms with E-state index in [-0.39, 0.29) is 12.6 Å². The Hall–Kier alpha value is -1.11. The van der Waals surface area contributed by atoms with E-state index in [4.69, 9.17) is 4.74 Å². The molecule has 22 heavy (non-hydrogen) atoms. The Balaban J connectivity index is 1.52. The second-order valence-electron chi connectivity index (χ2n) is 5.69. The first-order valence-electron chi connectivity index (χ1n) is 8.09. The molecule has 6 heteroatoms. The van der Waals surface area contributed by atoms with Gasteiger partial charge in [0.2, 0.25) is 0 Å². The van der Waals surface area contributed by atoms with E-state index in [1.165, 1.54) is 37.0 Å². The molecule has 1 aliphatic rings. The van der Waals surface area contributed by atoms with E-state index in [1.807, 2.05) is 16.8 Å². The Morgan fingerprint density at radius 2 is 2.09 bits per heavy atom. The van der Waals surface area contributed by atoms with Gasteiger partial charge in [-0.05, 0) is 35.2 Å². The Morgan fingerprint density at radius 1 is 1.32 bits per heavy atom. The smallest absolute Gasteiger partial charge is 0.314 e. The van der Waals surface area contributed by atoms with E-state index in [9.17, 15) is 9.90 Å². The number of amides is 2. The summed E-state index contributed by atoms with van der Waals surface area (Å²) in [6.45, 7) is 1.26. The fraction of sp³-hybridized carbons (Fsp3) is 0.688. The first-order chi connectivity index (χ1) is 10.8. The molecular formula is C16H26N2O3S. The normalized spacial score (nSPS) is 17.7. The topological polar surface area (TPSA) is 70.6 Å². The van der Waals surface area contributed by atoms with Crippen LogP contribution >= 0.6 is 11.3 Å². The minimum atomic E-state index is -0.653. The summed E-state index contributed by atoms with van der Waals surface area (Å²) >= 11 is 1.53. The molecule has 1 aromatic heterocycles. The van der Waals surface area contributed by atoms with Gasteiger partial charge in [0.1, 0.15) is 0 Å². The second-order valence-corrected chi connectivity index (χ2v) is 6.47. The Kier molecular flexibility index (Phi) is 7.70. The predicted molar refractivity (Wildman–Crippen MR) is 88.1 cm³/mol. The number of thiophene rings is 1. The summed E-state index contributed by atoms with van der Waals surface area (Å²) in [5.74, 6) is 0. The molecule has 0 aromatic carbocycles. The van der Waals surface area contributed by atoms with Crippen LogP contribution in [0.15, 0.2) is 16.8 Å². The fourth-order valence-electron chi connectivity index (χ4n) is 2.63. The van der Waals surface area contributed by atoms with Crippen LogP contribution in [-0.4, -0.2) is 36.9 Å². The second kappa shape index (κ2) is 9.82. The summed E-state index contributed by atoms with van der Waals surface area (Å²) in [6.07, 6.45) is 7.10. The standard InChI is InChI=1S/C16H26N2O3S/c19-15(13-7-10-22-12-13)11-18-16(20)17-8-9-21-14-5-3-1-2-4-6-14/h7,10,12,14-15,19H,1-6,8-9,11H2,(H2,17,18,20). The molecule has 2 rings (SSSR count). The number of hydrogen-bond acceptors (Lipinski definition) is 4. The highest BCUT2D eigenvalue weighted by Crippen LogP contribution is 2.19. The van der Waals surface area contributed by atoms with Gasteiger partial charge < -0.3 is 20.5 Å². The van der Waals surface area contributed by atoms with Crippen molar-refractivity contribution >= 4 is 17.4 Å². The molecule has 5 nitrogen and oxygen atoms in total. The number of ether oxygens (including phenoxy) is 1. The SMILES string of the molecule is O=C(NCCOC1CCCCCC1)NCC(O)c1ccsc1. The predicted octanol–water partition coefficient (Wildman–Crippen LogP) is 2.82. The van der Waals surface area contributed by atoms with Crippen molar-refractivity contribution in [3.63, 3.8) is 0 Å². The van der Waals surface area contributed by atoms with E-state index in [0.29, 0.717) is 19.3 Å². The fourth-order valence-corrected chi connectivity index (χ4v) is 3.34. The van der Waals surface area contributed by atoms with Crippen LogP contribution in [0.1, 0.15) is 50.2 Å². The van der Waals surface area contributed by atoms with Crippen molar-refractivity contribution in [3.8, 4) is 0 Å². The molecule has 124 valence electrons. The lowest BCUT2D eigenvalue weighted by Crippen LogP contribution is -2.39. The molecule has 1 heterocycles. The molecule has 1 aromatic rings. The van der Waals surface area contributed by atoms with E-state index >= 15 is 0 Å². The molecule has 0 bridgehead atoms. The molecule has 3 N–H and O–H groups in total. The average molecular weight is 326 g/mol. The monoisotopic (exact) mass is 326 g/mol. The maximum Gasteiger partial charge on any atom is 0.314 e. The van der Waals surface area contributed by atoms with Crippen molar-refractivity contribution in [2.24, 2.45) is 0 Å². The van der Waals surface area contributed by atoms with Crippen molar-refractivity contribution in [2.45, 2.75) is 50.7 Å². The van der Waals surface area contributed by atoms with E-state index < -0.39 is 6.10 Å². The van der Waals surface area contributed by atoms with Crippen LogP contribution in [0.5, 0.6) is 0 Å². The molecule has 1 saturated carbocycles. The third-order valence-electron chi connectivity index (χ3n) is 3.93. The zero-order valence-electron chi connectivity index (χ0n) is 12.9. The minimum absolute atomic E-state index is 0.214. The third-order valence-corrected chi connectivity index (χ3v) is 4.63. The van der Waals surface area contributed by atoms with Gasteiger partial charge in [-0.15, -0.1) is 0 Å². The molecule has 0 aliphatic heterocycles. The Labute approximate surface area is 136 Å². The van der Waals surface area contributed by atoms with Gasteiger partial charge in [0.15, 0.2) is 0 Å². The maximum absolute atomic E-state index is 11.6. The van der Waals surface area contributed by atoms with Crippen LogP contribution in [0.4, 0.5) is 4.79 Å². The number of nitrogens with one attached hydrogen (secondary N) is 2. The highest BCUT2D eigenvalue weighted by molar-refractivity contribution is 7.07. The van der Waals surface area contributed by atoms with Crippen LogP contribution < -0.4 is 10.6 Å². The van der Waals surface area contributed by atoms with E-state index in [1.54, 1.807) is 0 Å². The lowest BCUT2D eigenvalue weighted by atomic mass is 10.1. The van der Waals surface area contributed by atoms with Gasteiger partial charge in [0.25, 0.3) is 0 Å². The van der Waals surface area contributed by atoms with E-state index in [2.05, 4.69) is 10.6 Å². The Bertz CT molecular complexity index is 417. The minimum Gasteiger partial charge on any atom is -0.387 e. The molecular weight excluding hydrogens is 300 g/mol. The lowest BCUT2D eigenvalue weighted by Gasteiger charge is -2.16. The molecule has 1 fully saturated rings.